The molecule has 1 aromatic carbocycles. The Hall–Kier alpha value is -2.68. The van der Waals surface area contributed by atoms with Crippen molar-refractivity contribution >= 4 is 23.3 Å². The van der Waals surface area contributed by atoms with E-state index in [0.29, 0.717) is 0 Å². The van der Waals surface area contributed by atoms with Gasteiger partial charge in [-0.2, -0.15) is 0 Å². The average Bonchev–Trinajstić information content (AvgIpc) is 2.86. The molecule has 2 rings (SSSR count). The molecule has 1 aliphatic heterocycles. The highest BCUT2D eigenvalue weighted by Gasteiger charge is 2.35. The molecular weight excluding hydrogens is 282 g/mol. The molecule has 2 unspecified atom stereocenters. The van der Waals surface area contributed by atoms with Crippen molar-refractivity contribution in [2.45, 2.75) is 6.04 Å². The molecule has 1 fully saturated rings. The van der Waals surface area contributed by atoms with Crippen molar-refractivity contribution < 1.29 is 24.4 Å². The van der Waals surface area contributed by atoms with Crippen LogP contribution in [0.15, 0.2) is 18.2 Å². The summed E-state index contributed by atoms with van der Waals surface area (Å²) >= 11 is 0. The quantitative estimate of drug-likeness (QED) is 0.519. The first-order valence-corrected chi connectivity index (χ1v) is 6.05. The van der Waals surface area contributed by atoms with Crippen LogP contribution in [0, 0.1) is 16.0 Å². The number of primary amides is 1. The van der Waals surface area contributed by atoms with Crippen LogP contribution in [0.1, 0.15) is 10.4 Å². The second-order valence-electron chi connectivity index (χ2n) is 4.59. The van der Waals surface area contributed by atoms with Crippen molar-refractivity contribution in [2.24, 2.45) is 11.7 Å². The number of nitrogens with two attached hydrogens (primary N) is 1. The van der Waals surface area contributed by atoms with Crippen LogP contribution in [-0.2, 0) is 9.53 Å². The zero-order chi connectivity index (χ0) is 15.6. The number of rotatable bonds is 5. The second kappa shape index (κ2) is 5.75. The molecule has 112 valence electrons. The fraction of sp³-hybridized carbons (Fsp3) is 0.333. The molecule has 0 spiro atoms. The van der Waals surface area contributed by atoms with Crippen molar-refractivity contribution in [2.75, 3.05) is 18.5 Å². The number of benzene rings is 1. The molecule has 21 heavy (non-hydrogen) atoms. The van der Waals surface area contributed by atoms with Gasteiger partial charge in [0, 0.05) is 11.6 Å². The van der Waals surface area contributed by atoms with E-state index in [9.17, 15) is 19.7 Å². The Labute approximate surface area is 118 Å². The predicted molar refractivity (Wildman–Crippen MR) is 71.0 cm³/mol. The summed E-state index contributed by atoms with van der Waals surface area (Å²) in [6.07, 6.45) is 0. The fourth-order valence-electron chi connectivity index (χ4n) is 2.10. The number of ether oxygens (including phenoxy) is 1. The minimum absolute atomic E-state index is 0.0241. The summed E-state index contributed by atoms with van der Waals surface area (Å²) in [5.41, 5.74) is 5.00. The first kappa shape index (κ1) is 14.7. The van der Waals surface area contributed by atoms with Gasteiger partial charge >= 0.3 is 5.97 Å². The van der Waals surface area contributed by atoms with Crippen LogP contribution in [0.3, 0.4) is 0 Å². The van der Waals surface area contributed by atoms with E-state index < -0.39 is 28.8 Å². The monoisotopic (exact) mass is 295 g/mol. The van der Waals surface area contributed by atoms with Gasteiger partial charge < -0.3 is 20.9 Å². The minimum Gasteiger partial charge on any atom is -0.481 e. The van der Waals surface area contributed by atoms with Crippen molar-refractivity contribution in [3.63, 3.8) is 0 Å². The number of carboxylic acid groups (broad SMARTS) is 1. The third-order valence-electron chi connectivity index (χ3n) is 3.22. The largest absolute Gasteiger partial charge is 0.481 e. The molecule has 1 aromatic rings. The van der Waals surface area contributed by atoms with Gasteiger partial charge in [-0.25, -0.2) is 0 Å². The Morgan fingerprint density at radius 3 is 2.71 bits per heavy atom. The first-order valence-electron chi connectivity index (χ1n) is 6.05. The topological polar surface area (TPSA) is 145 Å². The van der Waals surface area contributed by atoms with Gasteiger partial charge in [0.05, 0.1) is 24.2 Å². The molecular formula is C12H13N3O6. The molecule has 0 aliphatic carbocycles. The van der Waals surface area contributed by atoms with E-state index in [1.54, 1.807) is 0 Å². The molecule has 1 amide bonds. The van der Waals surface area contributed by atoms with Crippen LogP contribution in [0.5, 0.6) is 0 Å². The van der Waals surface area contributed by atoms with Crippen LogP contribution in [0.4, 0.5) is 11.4 Å². The Bertz CT molecular complexity index is 603. The van der Waals surface area contributed by atoms with Crippen molar-refractivity contribution in [1.29, 1.82) is 0 Å². The van der Waals surface area contributed by atoms with E-state index in [-0.39, 0.29) is 30.2 Å². The zero-order valence-electron chi connectivity index (χ0n) is 10.8. The van der Waals surface area contributed by atoms with Crippen LogP contribution in [0.2, 0.25) is 0 Å². The third-order valence-corrected chi connectivity index (χ3v) is 3.22. The number of aliphatic carboxylic acids is 1. The maximum Gasteiger partial charge on any atom is 0.311 e. The maximum atomic E-state index is 11.1. The first-order chi connectivity index (χ1) is 9.90. The molecule has 9 heteroatoms. The third kappa shape index (κ3) is 3.08. The van der Waals surface area contributed by atoms with Gasteiger partial charge in [-0.1, -0.05) is 0 Å². The van der Waals surface area contributed by atoms with Crippen molar-refractivity contribution in [3.05, 3.63) is 33.9 Å². The SMILES string of the molecule is NC(=O)c1ccc([N+](=O)[O-])c(NC2COCC2C(=O)O)c1. The van der Waals surface area contributed by atoms with Crippen LogP contribution in [-0.4, -0.2) is 41.2 Å². The number of hydrogen-bond donors (Lipinski definition) is 3. The number of nitrogens with one attached hydrogen (secondary N) is 1. The molecule has 0 saturated carbocycles. The molecule has 0 bridgehead atoms. The standard InChI is InChI=1S/C12H13N3O6/c13-11(16)6-1-2-10(15(19)20)8(3-6)14-9-5-21-4-7(9)12(17)18/h1-3,7,9,14H,4-5H2,(H2,13,16)(H,17,18). The summed E-state index contributed by atoms with van der Waals surface area (Å²) in [5, 5.41) is 22.8. The van der Waals surface area contributed by atoms with E-state index in [1.807, 2.05) is 0 Å². The van der Waals surface area contributed by atoms with Crippen molar-refractivity contribution in [1.82, 2.24) is 0 Å². The summed E-state index contributed by atoms with van der Waals surface area (Å²) in [6, 6.07) is 3.00. The fourth-order valence-corrected chi connectivity index (χ4v) is 2.10. The summed E-state index contributed by atoms with van der Waals surface area (Å²) < 4.78 is 5.08. The molecule has 4 N–H and O–H groups in total. The highest BCUT2D eigenvalue weighted by molar-refractivity contribution is 5.94. The number of anilines is 1. The van der Waals surface area contributed by atoms with Gasteiger partial charge in [-0.15, -0.1) is 0 Å². The Morgan fingerprint density at radius 1 is 1.43 bits per heavy atom. The number of amides is 1. The maximum absolute atomic E-state index is 11.1. The van der Waals surface area contributed by atoms with Crippen LogP contribution >= 0.6 is 0 Å². The number of hydrogen-bond acceptors (Lipinski definition) is 6. The van der Waals surface area contributed by atoms with E-state index >= 15 is 0 Å². The Morgan fingerprint density at radius 2 is 2.14 bits per heavy atom. The van der Waals surface area contributed by atoms with Gasteiger partial charge in [0.2, 0.25) is 5.91 Å². The van der Waals surface area contributed by atoms with E-state index in [1.165, 1.54) is 12.1 Å². The van der Waals surface area contributed by atoms with E-state index in [2.05, 4.69) is 5.32 Å². The molecule has 0 aromatic heterocycles. The summed E-state index contributed by atoms with van der Waals surface area (Å²) in [6.45, 7) is 0.130. The lowest BCUT2D eigenvalue weighted by molar-refractivity contribution is -0.384. The number of carbonyl (C=O) groups excluding carboxylic acids is 1. The number of carboxylic acids is 1. The van der Waals surface area contributed by atoms with Crippen molar-refractivity contribution in [3.8, 4) is 0 Å². The van der Waals surface area contributed by atoms with Gasteiger partial charge in [-0.05, 0) is 12.1 Å². The van der Waals surface area contributed by atoms with Gasteiger partial charge in [0.1, 0.15) is 11.6 Å². The number of nitro groups is 1. The number of carbonyl (C=O) groups is 2. The lowest BCUT2D eigenvalue weighted by atomic mass is 10.0. The zero-order valence-corrected chi connectivity index (χ0v) is 10.8. The highest BCUT2D eigenvalue weighted by atomic mass is 16.6. The lowest BCUT2D eigenvalue weighted by Gasteiger charge is -2.17. The lowest BCUT2D eigenvalue weighted by Crippen LogP contribution is -2.33. The van der Waals surface area contributed by atoms with Crippen LogP contribution in [0.25, 0.3) is 0 Å². The summed E-state index contributed by atoms with van der Waals surface area (Å²) in [5.74, 6) is -2.61. The van der Waals surface area contributed by atoms with Gasteiger partial charge in [0.25, 0.3) is 5.69 Å². The van der Waals surface area contributed by atoms with Crippen LogP contribution < -0.4 is 11.1 Å². The average molecular weight is 295 g/mol. The van der Waals surface area contributed by atoms with E-state index in [4.69, 9.17) is 15.6 Å². The molecule has 0 radical (unpaired) electrons. The van der Waals surface area contributed by atoms with E-state index in [0.717, 1.165) is 6.07 Å². The number of nitrogens with zero attached hydrogens (tertiary/aromatic N) is 1. The second-order valence-corrected chi connectivity index (χ2v) is 4.59. The van der Waals surface area contributed by atoms with Gasteiger partial charge in [0.15, 0.2) is 0 Å². The molecule has 1 aliphatic rings. The normalized spacial score (nSPS) is 21.0. The minimum atomic E-state index is -1.06. The molecule has 9 nitrogen and oxygen atoms in total. The molecule has 1 heterocycles. The summed E-state index contributed by atoms with van der Waals surface area (Å²) in [7, 11) is 0. The molecule has 2 atom stereocenters. The summed E-state index contributed by atoms with van der Waals surface area (Å²) in [4.78, 5) is 32.6. The number of nitro benzene ring substituents is 1. The predicted octanol–water partition coefficient (Wildman–Crippen LogP) is 0.205. The Balaban J connectivity index is 2.32. The molecule has 1 saturated heterocycles. The Kier molecular flexibility index (Phi) is 4.03. The van der Waals surface area contributed by atoms with Gasteiger partial charge in [-0.3, -0.25) is 19.7 Å². The highest BCUT2D eigenvalue weighted by Crippen LogP contribution is 2.28. The smallest absolute Gasteiger partial charge is 0.311 e.